The summed E-state index contributed by atoms with van der Waals surface area (Å²) in [5.74, 6) is -0.305. The number of nitrogens with one attached hydrogen (secondary N) is 2. The minimum atomic E-state index is -0.173. The van der Waals surface area contributed by atoms with Gasteiger partial charge >= 0.3 is 0 Å². The maximum absolute atomic E-state index is 11.9. The quantitative estimate of drug-likeness (QED) is 0.869. The number of rotatable bonds is 5. The van der Waals surface area contributed by atoms with E-state index in [-0.39, 0.29) is 18.4 Å². The number of amides is 2. The molecule has 2 amide bonds. The van der Waals surface area contributed by atoms with E-state index in [0.29, 0.717) is 11.4 Å². The Hall–Kier alpha value is -2.08. The van der Waals surface area contributed by atoms with E-state index in [0.717, 1.165) is 5.56 Å². The summed E-state index contributed by atoms with van der Waals surface area (Å²) in [5.41, 5.74) is 1.00. The summed E-state index contributed by atoms with van der Waals surface area (Å²) in [5, 5.41) is 4.61. The van der Waals surface area contributed by atoms with Crippen molar-refractivity contribution >= 4 is 23.2 Å². The largest absolute Gasteiger partial charge is 0.367 e. The van der Waals surface area contributed by atoms with E-state index in [9.17, 15) is 9.59 Å². The Bertz CT molecular complexity index is 534. The zero-order valence-electron chi connectivity index (χ0n) is 10.6. The molecule has 5 nitrogen and oxygen atoms in total. The fourth-order valence-electron chi connectivity index (χ4n) is 1.60. The van der Waals surface area contributed by atoms with Crippen molar-refractivity contribution in [2.75, 3.05) is 13.6 Å². The monoisotopic (exact) mass is 277 g/mol. The molecule has 2 heterocycles. The summed E-state index contributed by atoms with van der Waals surface area (Å²) < 4.78 is 0. The summed E-state index contributed by atoms with van der Waals surface area (Å²) >= 11 is 1.37. The predicted molar refractivity (Wildman–Crippen MR) is 73.9 cm³/mol. The van der Waals surface area contributed by atoms with Crippen LogP contribution in [0.25, 0.3) is 0 Å². The van der Waals surface area contributed by atoms with Crippen molar-refractivity contribution < 1.29 is 9.59 Å². The number of likely N-dealkylation sites (N-methyl/N-ethyl adjacent to an activating group) is 1. The van der Waals surface area contributed by atoms with Gasteiger partial charge in [-0.2, -0.15) is 0 Å². The van der Waals surface area contributed by atoms with Crippen LogP contribution in [0.5, 0.6) is 0 Å². The van der Waals surface area contributed by atoms with Crippen molar-refractivity contribution in [1.29, 1.82) is 0 Å². The molecule has 2 N–H and O–H groups in total. The third-order valence-electron chi connectivity index (χ3n) is 2.61. The second kappa shape index (κ2) is 6.19. The van der Waals surface area contributed by atoms with Crippen molar-refractivity contribution in [2.24, 2.45) is 0 Å². The molecular formula is C13H15N3O2S. The van der Waals surface area contributed by atoms with Crippen molar-refractivity contribution in [3.8, 4) is 0 Å². The number of aromatic amines is 1. The Kier molecular flexibility index (Phi) is 4.35. The molecule has 0 radical (unpaired) electrons. The van der Waals surface area contributed by atoms with Crippen molar-refractivity contribution in [3.63, 3.8) is 0 Å². The van der Waals surface area contributed by atoms with Gasteiger partial charge in [0.05, 0.1) is 11.4 Å². The summed E-state index contributed by atoms with van der Waals surface area (Å²) in [6.45, 7) is 0.518. The minimum Gasteiger partial charge on any atom is -0.367 e. The Labute approximate surface area is 115 Å². The molecule has 0 aliphatic carbocycles. The van der Waals surface area contributed by atoms with E-state index < -0.39 is 0 Å². The first-order valence-corrected chi connectivity index (χ1v) is 6.72. The highest BCUT2D eigenvalue weighted by Gasteiger charge is 2.15. The van der Waals surface area contributed by atoms with Crippen LogP contribution in [0.15, 0.2) is 36.0 Å². The van der Waals surface area contributed by atoms with Gasteiger partial charge in [0.2, 0.25) is 5.91 Å². The molecule has 0 saturated carbocycles. The molecule has 6 heteroatoms. The van der Waals surface area contributed by atoms with E-state index in [1.807, 2.05) is 23.7 Å². The molecule has 0 spiro atoms. The van der Waals surface area contributed by atoms with Crippen molar-refractivity contribution in [3.05, 3.63) is 46.4 Å². The summed E-state index contributed by atoms with van der Waals surface area (Å²) in [7, 11) is 1.62. The van der Waals surface area contributed by atoms with Gasteiger partial charge in [0.25, 0.3) is 5.91 Å². The average Bonchev–Trinajstić information content (AvgIpc) is 3.08. The highest BCUT2D eigenvalue weighted by Crippen LogP contribution is 2.10. The van der Waals surface area contributed by atoms with Crippen molar-refractivity contribution in [1.82, 2.24) is 15.2 Å². The normalized spacial score (nSPS) is 10.2. The second-order valence-corrected chi connectivity index (χ2v) is 5.08. The fraction of sp³-hybridized carbons (Fsp3) is 0.231. The molecule has 0 aromatic carbocycles. The molecule has 0 atom stereocenters. The van der Waals surface area contributed by atoms with Crippen LogP contribution >= 0.6 is 11.3 Å². The highest BCUT2D eigenvalue weighted by molar-refractivity contribution is 7.12. The number of H-pyrrole nitrogens is 1. The van der Waals surface area contributed by atoms with E-state index in [1.165, 1.54) is 16.2 Å². The van der Waals surface area contributed by atoms with Crippen LogP contribution in [0.1, 0.15) is 15.2 Å². The molecule has 100 valence electrons. The Morgan fingerprint density at radius 2 is 2.26 bits per heavy atom. The molecule has 2 rings (SSSR count). The second-order valence-electron chi connectivity index (χ2n) is 4.13. The van der Waals surface area contributed by atoms with E-state index in [4.69, 9.17) is 0 Å². The number of aromatic nitrogens is 1. The van der Waals surface area contributed by atoms with Gasteiger partial charge in [-0.1, -0.05) is 6.07 Å². The van der Waals surface area contributed by atoms with Crippen LogP contribution < -0.4 is 5.32 Å². The van der Waals surface area contributed by atoms with Crippen LogP contribution in [-0.2, 0) is 11.3 Å². The highest BCUT2D eigenvalue weighted by atomic mass is 32.1. The first kappa shape index (κ1) is 13.4. The fourth-order valence-corrected chi connectivity index (χ4v) is 2.32. The number of thiophene rings is 1. The molecule has 0 bridgehead atoms. The standard InChI is InChI=1S/C13H15N3O2S/c1-16(13(18)11-3-2-6-19-11)9-12(17)15-8-10-4-5-14-7-10/h2-7,14H,8-9H2,1H3,(H,15,17). The van der Waals surface area contributed by atoms with Crippen LogP contribution in [0, 0.1) is 0 Å². The lowest BCUT2D eigenvalue weighted by molar-refractivity contribution is -0.121. The number of carbonyl (C=O) groups excluding carboxylic acids is 2. The van der Waals surface area contributed by atoms with Gasteiger partial charge < -0.3 is 15.2 Å². The molecule has 0 saturated heterocycles. The molecular weight excluding hydrogens is 262 g/mol. The lowest BCUT2D eigenvalue weighted by atomic mass is 10.3. The Morgan fingerprint density at radius 1 is 1.42 bits per heavy atom. The summed E-state index contributed by atoms with van der Waals surface area (Å²) in [6, 6.07) is 5.46. The number of hydrogen-bond donors (Lipinski definition) is 2. The van der Waals surface area contributed by atoms with Gasteiger partial charge in [-0.25, -0.2) is 0 Å². The molecule has 2 aromatic rings. The van der Waals surface area contributed by atoms with Crippen LogP contribution in [0.4, 0.5) is 0 Å². The SMILES string of the molecule is CN(CC(=O)NCc1cc[nH]c1)C(=O)c1cccs1. The molecule has 0 aliphatic rings. The van der Waals surface area contributed by atoms with E-state index in [2.05, 4.69) is 10.3 Å². The van der Waals surface area contributed by atoms with Crippen LogP contribution in [0.2, 0.25) is 0 Å². The van der Waals surface area contributed by atoms with E-state index >= 15 is 0 Å². The third kappa shape index (κ3) is 3.69. The zero-order valence-corrected chi connectivity index (χ0v) is 11.4. The van der Waals surface area contributed by atoms with Gasteiger partial charge in [0.1, 0.15) is 0 Å². The minimum absolute atomic E-state index is 0.0567. The number of carbonyl (C=O) groups is 2. The molecule has 2 aromatic heterocycles. The van der Waals surface area contributed by atoms with Gasteiger partial charge in [0.15, 0.2) is 0 Å². The topological polar surface area (TPSA) is 65.2 Å². The number of hydrogen-bond acceptors (Lipinski definition) is 3. The molecule has 0 fully saturated rings. The summed E-state index contributed by atoms with van der Waals surface area (Å²) in [6.07, 6.45) is 3.62. The zero-order chi connectivity index (χ0) is 13.7. The van der Waals surface area contributed by atoms with Gasteiger partial charge in [-0.05, 0) is 23.1 Å². The third-order valence-corrected chi connectivity index (χ3v) is 3.47. The Morgan fingerprint density at radius 3 is 2.89 bits per heavy atom. The lowest BCUT2D eigenvalue weighted by Crippen LogP contribution is -2.37. The maximum Gasteiger partial charge on any atom is 0.264 e. The number of nitrogens with zero attached hydrogens (tertiary/aromatic N) is 1. The van der Waals surface area contributed by atoms with E-state index in [1.54, 1.807) is 19.3 Å². The smallest absolute Gasteiger partial charge is 0.264 e. The molecule has 19 heavy (non-hydrogen) atoms. The molecule has 0 unspecified atom stereocenters. The van der Waals surface area contributed by atoms with Gasteiger partial charge in [0, 0.05) is 26.0 Å². The van der Waals surface area contributed by atoms with Crippen LogP contribution in [-0.4, -0.2) is 35.3 Å². The van der Waals surface area contributed by atoms with Crippen LogP contribution in [0.3, 0.4) is 0 Å². The van der Waals surface area contributed by atoms with Gasteiger partial charge in [-0.3, -0.25) is 9.59 Å². The lowest BCUT2D eigenvalue weighted by Gasteiger charge is -2.15. The summed E-state index contributed by atoms with van der Waals surface area (Å²) in [4.78, 5) is 28.6. The Balaban J connectivity index is 1.80. The van der Waals surface area contributed by atoms with Gasteiger partial charge in [-0.15, -0.1) is 11.3 Å². The first-order chi connectivity index (χ1) is 9.16. The average molecular weight is 277 g/mol. The molecule has 0 aliphatic heterocycles. The predicted octanol–water partition coefficient (Wildman–Crippen LogP) is 1.46. The first-order valence-electron chi connectivity index (χ1n) is 5.84. The maximum atomic E-state index is 11.9. The van der Waals surface area contributed by atoms with Crippen molar-refractivity contribution in [2.45, 2.75) is 6.54 Å².